The maximum absolute atomic E-state index is 8.06. The van der Waals surface area contributed by atoms with Crippen molar-refractivity contribution in [3.8, 4) is 0 Å². The summed E-state index contributed by atoms with van der Waals surface area (Å²) in [7, 11) is 0. The monoisotopic (exact) mass is 298 g/mol. The number of nitrogens with zero attached hydrogens (tertiary/aromatic N) is 1. The van der Waals surface area contributed by atoms with Crippen molar-refractivity contribution in [3.63, 3.8) is 0 Å². The fourth-order valence-corrected chi connectivity index (χ4v) is 2.17. The Balaban J connectivity index is 2.41. The molecule has 22 heavy (non-hydrogen) atoms. The summed E-state index contributed by atoms with van der Waals surface area (Å²) in [5, 5.41) is 16.0. The van der Waals surface area contributed by atoms with E-state index < -0.39 is 0 Å². The number of nitrogen functional groups attached to an aromatic ring is 1. The molecule has 0 saturated heterocycles. The van der Waals surface area contributed by atoms with Crippen LogP contribution in [-0.4, -0.2) is 23.7 Å². The van der Waals surface area contributed by atoms with Crippen LogP contribution in [0.1, 0.15) is 30.9 Å². The van der Waals surface area contributed by atoms with Gasteiger partial charge in [-0.2, -0.15) is 0 Å². The van der Waals surface area contributed by atoms with Gasteiger partial charge in [-0.1, -0.05) is 6.92 Å². The number of anilines is 1. The highest BCUT2D eigenvalue weighted by Crippen LogP contribution is 2.27. The first-order valence-electron chi connectivity index (χ1n) is 7.38. The molecular weight excluding hydrogens is 276 g/mol. The van der Waals surface area contributed by atoms with Crippen LogP contribution in [0.25, 0.3) is 0 Å². The van der Waals surface area contributed by atoms with Crippen LogP contribution in [-0.2, 0) is 4.74 Å². The first-order chi connectivity index (χ1) is 10.4. The van der Waals surface area contributed by atoms with E-state index >= 15 is 0 Å². The standard InChI is InChI=1S/C17H22N4O/c1-4-7-22-17-9-16(13(19)8-14(17)20)21-15-6-5-12(18)10(2)11(15)3/h5-6,9,19-20H,4,7-8,18H2,1-3H3. The molecule has 0 amide bonds. The van der Waals surface area contributed by atoms with Gasteiger partial charge in [-0.3, -0.25) is 0 Å². The molecule has 0 radical (unpaired) electrons. The van der Waals surface area contributed by atoms with Gasteiger partial charge in [0.1, 0.15) is 5.76 Å². The predicted molar refractivity (Wildman–Crippen MR) is 91.8 cm³/mol. The van der Waals surface area contributed by atoms with E-state index in [1.54, 1.807) is 6.08 Å². The molecule has 2 rings (SSSR count). The zero-order valence-corrected chi connectivity index (χ0v) is 13.3. The molecule has 0 heterocycles. The molecule has 0 unspecified atom stereocenters. The van der Waals surface area contributed by atoms with Gasteiger partial charge in [0, 0.05) is 18.2 Å². The Hall–Kier alpha value is -2.43. The lowest BCUT2D eigenvalue weighted by atomic mass is 9.99. The quantitative estimate of drug-likeness (QED) is 0.739. The first-order valence-corrected chi connectivity index (χ1v) is 7.38. The fourth-order valence-electron chi connectivity index (χ4n) is 2.17. The molecule has 0 atom stereocenters. The Labute approximate surface area is 130 Å². The number of benzene rings is 1. The second-order valence-electron chi connectivity index (χ2n) is 5.41. The van der Waals surface area contributed by atoms with Gasteiger partial charge in [-0.05, 0) is 43.5 Å². The Morgan fingerprint density at radius 2 is 1.91 bits per heavy atom. The van der Waals surface area contributed by atoms with Crippen LogP contribution in [0.5, 0.6) is 0 Å². The number of hydrogen-bond acceptors (Lipinski definition) is 5. The van der Waals surface area contributed by atoms with Crippen LogP contribution in [0.2, 0.25) is 0 Å². The number of rotatable bonds is 4. The third-order valence-corrected chi connectivity index (χ3v) is 3.73. The lowest BCUT2D eigenvalue weighted by Gasteiger charge is -2.18. The van der Waals surface area contributed by atoms with E-state index in [0.29, 0.717) is 29.5 Å². The van der Waals surface area contributed by atoms with Gasteiger partial charge in [-0.15, -0.1) is 0 Å². The maximum atomic E-state index is 8.06. The Bertz CT molecular complexity index is 686. The van der Waals surface area contributed by atoms with Crippen LogP contribution >= 0.6 is 0 Å². The smallest absolute Gasteiger partial charge is 0.142 e. The van der Waals surface area contributed by atoms with Gasteiger partial charge in [-0.25, -0.2) is 4.99 Å². The summed E-state index contributed by atoms with van der Waals surface area (Å²) in [5.74, 6) is 0.515. The van der Waals surface area contributed by atoms with E-state index in [4.69, 9.17) is 21.3 Å². The molecule has 0 aliphatic heterocycles. The molecule has 1 aromatic rings. The van der Waals surface area contributed by atoms with Gasteiger partial charge >= 0.3 is 0 Å². The summed E-state index contributed by atoms with van der Waals surface area (Å²) in [6.07, 6.45) is 2.82. The zero-order valence-electron chi connectivity index (χ0n) is 13.3. The molecule has 1 aliphatic rings. The number of nitrogens with one attached hydrogen (secondary N) is 2. The minimum absolute atomic E-state index is 0.251. The minimum Gasteiger partial charge on any atom is -0.492 e. The minimum atomic E-state index is 0.251. The van der Waals surface area contributed by atoms with E-state index in [1.807, 2.05) is 32.9 Å². The average molecular weight is 298 g/mol. The summed E-state index contributed by atoms with van der Waals surface area (Å²) in [5.41, 5.74) is 10.7. The summed E-state index contributed by atoms with van der Waals surface area (Å²) in [6, 6.07) is 3.69. The summed E-state index contributed by atoms with van der Waals surface area (Å²) >= 11 is 0. The summed E-state index contributed by atoms with van der Waals surface area (Å²) < 4.78 is 5.57. The fraction of sp³-hybridized carbons (Fsp3) is 0.353. The molecule has 0 saturated carbocycles. The molecule has 5 nitrogen and oxygen atoms in total. The number of allylic oxidation sites excluding steroid dienone is 2. The third-order valence-electron chi connectivity index (χ3n) is 3.73. The number of aliphatic imine (C=N–C) groups is 1. The van der Waals surface area contributed by atoms with E-state index in [0.717, 1.165) is 28.9 Å². The molecule has 0 aromatic heterocycles. The van der Waals surface area contributed by atoms with Crippen molar-refractivity contribution >= 4 is 28.5 Å². The van der Waals surface area contributed by atoms with Crippen LogP contribution in [0.3, 0.4) is 0 Å². The van der Waals surface area contributed by atoms with Crippen molar-refractivity contribution in [1.29, 1.82) is 10.8 Å². The second kappa shape index (κ2) is 6.56. The average Bonchev–Trinajstić information content (AvgIpc) is 2.49. The van der Waals surface area contributed by atoms with E-state index in [1.165, 1.54) is 0 Å². The van der Waals surface area contributed by atoms with Crippen LogP contribution in [0.15, 0.2) is 29.0 Å². The Kier molecular flexibility index (Phi) is 4.75. The van der Waals surface area contributed by atoms with Crippen molar-refractivity contribution in [2.24, 2.45) is 4.99 Å². The Morgan fingerprint density at radius 3 is 2.59 bits per heavy atom. The van der Waals surface area contributed by atoms with Gasteiger partial charge in [0.2, 0.25) is 0 Å². The number of nitrogens with two attached hydrogens (primary N) is 1. The van der Waals surface area contributed by atoms with E-state index in [-0.39, 0.29) is 6.42 Å². The summed E-state index contributed by atoms with van der Waals surface area (Å²) in [4.78, 5) is 4.58. The molecule has 4 N–H and O–H groups in total. The third kappa shape index (κ3) is 3.24. The SMILES string of the molecule is CCCOC1=CC(=Nc2ccc(N)c(C)c2C)C(=N)CC1=N. The molecular formula is C17H22N4O. The molecule has 0 spiro atoms. The van der Waals surface area contributed by atoms with Crippen molar-refractivity contribution in [2.45, 2.75) is 33.6 Å². The van der Waals surface area contributed by atoms with Gasteiger partial charge in [0.15, 0.2) is 0 Å². The van der Waals surface area contributed by atoms with Crippen molar-refractivity contribution in [1.82, 2.24) is 0 Å². The summed E-state index contributed by atoms with van der Waals surface area (Å²) in [6.45, 7) is 6.51. The number of ether oxygens (including phenoxy) is 1. The molecule has 1 aromatic carbocycles. The van der Waals surface area contributed by atoms with Gasteiger partial charge < -0.3 is 21.3 Å². The molecule has 0 bridgehead atoms. The first kappa shape index (κ1) is 15.9. The van der Waals surface area contributed by atoms with E-state index in [9.17, 15) is 0 Å². The largest absolute Gasteiger partial charge is 0.492 e. The van der Waals surface area contributed by atoms with Crippen molar-refractivity contribution in [2.75, 3.05) is 12.3 Å². The van der Waals surface area contributed by atoms with Crippen LogP contribution in [0, 0.1) is 24.7 Å². The molecule has 5 heteroatoms. The predicted octanol–water partition coefficient (Wildman–Crippen LogP) is 3.71. The van der Waals surface area contributed by atoms with Crippen LogP contribution < -0.4 is 5.73 Å². The van der Waals surface area contributed by atoms with Gasteiger partial charge in [0.25, 0.3) is 0 Å². The molecule has 0 fully saturated rings. The molecule has 116 valence electrons. The van der Waals surface area contributed by atoms with Crippen molar-refractivity contribution < 1.29 is 4.74 Å². The Morgan fingerprint density at radius 1 is 1.18 bits per heavy atom. The second-order valence-corrected chi connectivity index (χ2v) is 5.41. The normalized spacial score (nSPS) is 16.9. The highest BCUT2D eigenvalue weighted by atomic mass is 16.5. The van der Waals surface area contributed by atoms with Gasteiger partial charge in [0.05, 0.1) is 29.4 Å². The topological polar surface area (TPSA) is 95.3 Å². The van der Waals surface area contributed by atoms with Crippen molar-refractivity contribution in [3.05, 3.63) is 35.1 Å². The van der Waals surface area contributed by atoms with Crippen LogP contribution in [0.4, 0.5) is 11.4 Å². The highest BCUT2D eigenvalue weighted by molar-refractivity contribution is 6.51. The van der Waals surface area contributed by atoms with E-state index in [2.05, 4.69) is 4.99 Å². The zero-order chi connectivity index (χ0) is 16.3. The maximum Gasteiger partial charge on any atom is 0.142 e. The molecule has 1 aliphatic carbocycles. The lowest BCUT2D eigenvalue weighted by Crippen LogP contribution is -2.24. The highest BCUT2D eigenvalue weighted by Gasteiger charge is 2.20. The number of hydrogen-bond donors (Lipinski definition) is 3. The lowest BCUT2D eigenvalue weighted by molar-refractivity contribution is 0.231.